The molecule has 2 aromatic rings. The lowest BCUT2D eigenvalue weighted by Gasteiger charge is -2.27. The highest BCUT2D eigenvalue weighted by atomic mass is 32.2. The Kier molecular flexibility index (Phi) is 8.90. The zero-order valence-electron chi connectivity index (χ0n) is 19.8. The summed E-state index contributed by atoms with van der Waals surface area (Å²) in [5.41, 5.74) is 1.07. The molecule has 2 N–H and O–H groups in total. The van der Waals surface area contributed by atoms with Gasteiger partial charge in [-0.15, -0.1) is 0 Å². The van der Waals surface area contributed by atoms with Crippen molar-refractivity contribution in [2.45, 2.75) is 37.9 Å². The summed E-state index contributed by atoms with van der Waals surface area (Å²) < 4.78 is 38.7. The van der Waals surface area contributed by atoms with Crippen LogP contribution in [0.15, 0.2) is 53.4 Å². The SMILES string of the molecule is CC(O)CN(CC(=O)Nc1cc(S(=O)(=O)N2CCOCC2)ccc1OC(C)C)c1ccccc1. The number of carbonyl (C=O) groups is 1. The van der Waals surface area contributed by atoms with Crippen LogP contribution in [0.2, 0.25) is 0 Å². The van der Waals surface area contributed by atoms with Crippen LogP contribution in [-0.2, 0) is 19.6 Å². The maximum absolute atomic E-state index is 13.1. The Morgan fingerprint density at radius 1 is 1.15 bits per heavy atom. The molecule has 1 aliphatic rings. The number of hydrogen-bond acceptors (Lipinski definition) is 7. The van der Waals surface area contributed by atoms with Gasteiger partial charge >= 0.3 is 0 Å². The van der Waals surface area contributed by atoms with Gasteiger partial charge in [-0.25, -0.2) is 8.42 Å². The van der Waals surface area contributed by atoms with Crippen molar-refractivity contribution in [3.8, 4) is 5.75 Å². The molecule has 1 unspecified atom stereocenters. The van der Waals surface area contributed by atoms with Crippen molar-refractivity contribution in [3.63, 3.8) is 0 Å². The number of amides is 1. The van der Waals surface area contributed by atoms with E-state index in [9.17, 15) is 18.3 Å². The molecule has 3 rings (SSSR count). The van der Waals surface area contributed by atoms with Gasteiger partial charge in [0.1, 0.15) is 5.75 Å². The highest BCUT2D eigenvalue weighted by Crippen LogP contribution is 2.30. The predicted octanol–water partition coefficient (Wildman–Crippen LogP) is 2.32. The quantitative estimate of drug-likeness (QED) is 0.525. The van der Waals surface area contributed by atoms with E-state index in [1.54, 1.807) is 17.9 Å². The first-order valence-electron chi connectivity index (χ1n) is 11.3. The Hall–Kier alpha value is -2.66. The molecule has 0 spiro atoms. The van der Waals surface area contributed by atoms with Gasteiger partial charge in [-0.2, -0.15) is 4.31 Å². The van der Waals surface area contributed by atoms with Crippen molar-refractivity contribution in [2.24, 2.45) is 0 Å². The fraction of sp³-hybridized carbons (Fsp3) is 0.458. The van der Waals surface area contributed by atoms with Gasteiger partial charge in [-0.05, 0) is 51.1 Å². The van der Waals surface area contributed by atoms with E-state index in [1.807, 2.05) is 44.2 Å². The molecule has 34 heavy (non-hydrogen) atoms. The smallest absolute Gasteiger partial charge is 0.243 e. The summed E-state index contributed by atoms with van der Waals surface area (Å²) >= 11 is 0. The molecule has 9 nitrogen and oxygen atoms in total. The lowest BCUT2D eigenvalue weighted by atomic mass is 10.2. The van der Waals surface area contributed by atoms with E-state index < -0.39 is 16.1 Å². The molecule has 10 heteroatoms. The molecule has 0 saturated carbocycles. The summed E-state index contributed by atoms with van der Waals surface area (Å²) in [6.45, 7) is 6.83. The standard InChI is InChI=1S/C24H33N3O6S/c1-18(2)33-23-10-9-21(34(30,31)27-11-13-32-14-12-27)15-22(23)25-24(29)17-26(16-19(3)28)20-7-5-4-6-8-20/h4-10,15,18-19,28H,11-14,16-17H2,1-3H3,(H,25,29). The first-order valence-corrected chi connectivity index (χ1v) is 12.8. The zero-order chi connectivity index (χ0) is 24.7. The van der Waals surface area contributed by atoms with Crippen molar-refractivity contribution in [2.75, 3.05) is 49.6 Å². The van der Waals surface area contributed by atoms with Crippen LogP contribution < -0.4 is 15.0 Å². The van der Waals surface area contributed by atoms with Crippen LogP contribution in [0.3, 0.4) is 0 Å². The molecule has 0 bridgehead atoms. The first-order chi connectivity index (χ1) is 16.2. The number of para-hydroxylation sites is 1. The average molecular weight is 492 g/mol. The van der Waals surface area contributed by atoms with Crippen LogP contribution in [0.5, 0.6) is 5.75 Å². The van der Waals surface area contributed by atoms with Crippen molar-refractivity contribution >= 4 is 27.3 Å². The second kappa shape index (κ2) is 11.7. The fourth-order valence-corrected chi connectivity index (χ4v) is 5.08. The van der Waals surface area contributed by atoms with E-state index in [0.717, 1.165) is 5.69 Å². The van der Waals surface area contributed by atoms with Gasteiger partial charge in [-0.3, -0.25) is 4.79 Å². The third-order valence-corrected chi connectivity index (χ3v) is 7.03. The Morgan fingerprint density at radius 3 is 2.44 bits per heavy atom. The number of benzene rings is 2. The van der Waals surface area contributed by atoms with Crippen molar-refractivity contribution in [3.05, 3.63) is 48.5 Å². The Morgan fingerprint density at radius 2 is 1.82 bits per heavy atom. The van der Waals surface area contributed by atoms with Gasteiger partial charge in [0.15, 0.2) is 0 Å². The maximum Gasteiger partial charge on any atom is 0.243 e. The summed E-state index contributed by atoms with van der Waals surface area (Å²) in [5.74, 6) is 0.0186. The molecule has 1 amide bonds. The minimum absolute atomic E-state index is 0.0313. The molecule has 1 saturated heterocycles. The van der Waals surface area contributed by atoms with Crippen molar-refractivity contribution < 1.29 is 27.8 Å². The molecule has 1 aliphatic heterocycles. The maximum atomic E-state index is 13.1. The number of aliphatic hydroxyl groups is 1. The van der Waals surface area contributed by atoms with Crippen LogP contribution in [-0.4, -0.2) is 75.3 Å². The number of anilines is 2. The van der Waals surface area contributed by atoms with Gasteiger partial charge in [-0.1, -0.05) is 18.2 Å². The minimum atomic E-state index is -3.74. The van der Waals surface area contributed by atoms with Crippen molar-refractivity contribution in [1.82, 2.24) is 4.31 Å². The fourth-order valence-electron chi connectivity index (χ4n) is 3.64. The van der Waals surface area contributed by atoms with Crippen LogP contribution in [0, 0.1) is 0 Å². The van der Waals surface area contributed by atoms with E-state index in [1.165, 1.54) is 16.4 Å². The van der Waals surface area contributed by atoms with Crippen LogP contribution in [0.1, 0.15) is 20.8 Å². The van der Waals surface area contributed by atoms with Gasteiger partial charge in [0, 0.05) is 25.3 Å². The predicted molar refractivity (Wildman–Crippen MR) is 131 cm³/mol. The highest BCUT2D eigenvalue weighted by molar-refractivity contribution is 7.89. The molecular weight excluding hydrogens is 458 g/mol. The van der Waals surface area contributed by atoms with Gasteiger partial charge in [0.25, 0.3) is 0 Å². The molecular formula is C24H33N3O6S. The lowest BCUT2D eigenvalue weighted by molar-refractivity contribution is -0.115. The Bertz CT molecular complexity index is 1050. The number of rotatable bonds is 10. The van der Waals surface area contributed by atoms with Gasteiger partial charge in [0.2, 0.25) is 15.9 Å². The molecule has 1 atom stereocenters. The number of carbonyl (C=O) groups excluding carboxylic acids is 1. The molecule has 0 radical (unpaired) electrons. The lowest BCUT2D eigenvalue weighted by Crippen LogP contribution is -2.40. The molecule has 1 heterocycles. The number of hydrogen-bond donors (Lipinski definition) is 2. The topological polar surface area (TPSA) is 108 Å². The molecule has 0 aliphatic carbocycles. The monoisotopic (exact) mass is 491 g/mol. The molecule has 0 aromatic heterocycles. The van der Waals surface area contributed by atoms with Gasteiger partial charge in [0.05, 0.1) is 42.5 Å². The van der Waals surface area contributed by atoms with Crippen LogP contribution in [0.4, 0.5) is 11.4 Å². The second-order valence-corrected chi connectivity index (χ2v) is 10.4. The molecule has 1 fully saturated rings. The van der Waals surface area contributed by atoms with Crippen molar-refractivity contribution in [1.29, 1.82) is 0 Å². The number of ether oxygens (including phenoxy) is 2. The van der Waals surface area contributed by atoms with Gasteiger partial charge < -0.3 is 24.8 Å². The number of nitrogens with one attached hydrogen (secondary N) is 1. The summed E-state index contributed by atoms with van der Waals surface area (Å²) in [7, 11) is -3.74. The molecule has 186 valence electrons. The molecule has 2 aromatic carbocycles. The Balaban J connectivity index is 1.85. The van der Waals surface area contributed by atoms with Crippen LogP contribution in [0.25, 0.3) is 0 Å². The zero-order valence-corrected chi connectivity index (χ0v) is 20.6. The van der Waals surface area contributed by atoms with E-state index >= 15 is 0 Å². The number of sulfonamides is 1. The largest absolute Gasteiger partial charge is 0.489 e. The van der Waals surface area contributed by atoms with E-state index in [4.69, 9.17) is 9.47 Å². The van der Waals surface area contributed by atoms with E-state index in [0.29, 0.717) is 19.0 Å². The minimum Gasteiger partial charge on any atom is -0.489 e. The number of aliphatic hydroxyl groups excluding tert-OH is 1. The van der Waals surface area contributed by atoms with E-state index in [2.05, 4.69) is 5.32 Å². The van der Waals surface area contributed by atoms with Crippen LogP contribution >= 0.6 is 0 Å². The second-order valence-electron chi connectivity index (χ2n) is 8.45. The summed E-state index contributed by atoms with van der Waals surface area (Å²) in [6.07, 6.45) is -0.816. The average Bonchev–Trinajstić information content (AvgIpc) is 2.80. The number of morpholine rings is 1. The summed E-state index contributed by atoms with van der Waals surface area (Å²) in [6, 6.07) is 13.8. The first kappa shape index (κ1) is 26.0. The van der Waals surface area contributed by atoms with E-state index in [-0.39, 0.29) is 48.8 Å². The summed E-state index contributed by atoms with van der Waals surface area (Å²) in [5, 5.41) is 12.7. The third-order valence-electron chi connectivity index (χ3n) is 5.14. The number of nitrogens with zero attached hydrogens (tertiary/aromatic N) is 2. The summed E-state index contributed by atoms with van der Waals surface area (Å²) in [4.78, 5) is 14.8. The Labute approximate surface area is 201 Å². The third kappa shape index (κ3) is 6.92. The highest BCUT2D eigenvalue weighted by Gasteiger charge is 2.27. The normalized spacial score (nSPS) is 15.7.